The molecule has 0 rings (SSSR count). The van der Waals surface area contributed by atoms with E-state index in [4.69, 9.17) is 4.84 Å². The molecule has 0 amide bonds. The Bertz CT molecular complexity index is 64.3. The van der Waals surface area contributed by atoms with Gasteiger partial charge in [0.05, 0.1) is 6.61 Å². The summed E-state index contributed by atoms with van der Waals surface area (Å²) in [6.07, 6.45) is 5.11. The molecular formula is C8H19NO. The van der Waals surface area contributed by atoms with Gasteiger partial charge in [-0.2, -0.15) is 5.06 Å². The second kappa shape index (κ2) is 7.03. The van der Waals surface area contributed by atoms with Crippen molar-refractivity contribution < 1.29 is 4.84 Å². The van der Waals surface area contributed by atoms with Crippen LogP contribution in [0.4, 0.5) is 0 Å². The van der Waals surface area contributed by atoms with Crippen LogP contribution < -0.4 is 0 Å². The van der Waals surface area contributed by atoms with Crippen LogP contribution in [0.2, 0.25) is 0 Å². The van der Waals surface area contributed by atoms with E-state index in [2.05, 4.69) is 6.92 Å². The van der Waals surface area contributed by atoms with Crippen LogP contribution in [0.3, 0.4) is 0 Å². The molecule has 0 aromatic heterocycles. The third kappa shape index (κ3) is 7.92. The number of hydrogen-bond donors (Lipinski definition) is 0. The van der Waals surface area contributed by atoms with Gasteiger partial charge in [-0.3, -0.25) is 4.84 Å². The lowest BCUT2D eigenvalue weighted by Crippen LogP contribution is -2.12. The fourth-order valence-corrected chi connectivity index (χ4v) is 0.776. The predicted molar refractivity (Wildman–Crippen MR) is 43.8 cm³/mol. The summed E-state index contributed by atoms with van der Waals surface area (Å²) in [5.74, 6) is 0. The van der Waals surface area contributed by atoms with E-state index < -0.39 is 0 Å². The highest BCUT2D eigenvalue weighted by molar-refractivity contribution is 4.37. The molecule has 10 heavy (non-hydrogen) atoms. The Morgan fingerprint density at radius 1 is 1.10 bits per heavy atom. The number of hydrogen-bond acceptors (Lipinski definition) is 2. The number of unbranched alkanes of at least 4 members (excludes halogenated alkanes) is 3. The van der Waals surface area contributed by atoms with Gasteiger partial charge in [-0.15, -0.1) is 0 Å². The van der Waals surface area contributed by atoms with Crippen molar-refractivity contribution in [3.05, 3.63) is 0 Å². The standard InChI is InChI=1S/C8H19NO/c1-4-5-6-7-8-10-9(2)3/h4-8H2,1-3H3. The summed E-state index contributed by atoms with van der Waals surface area (Å²) in [7, 11) is 3.83. The molecule has 0 spiro atoms. The first kappa shape index (κ1) is 9.92. The summed E-state index contributed by atoms with van der Waals surface area (Å²) in [6, 6.07) is 0. The first-order valence-electron chi connectivity index (χ1n) is 4.07. The van der Waals surface area contributed by atoms with Gasteiger partial charge >= 0.3 is 0 Å². The largest absolute Gasteiger partial charge is 0.300 e. The van der Waals surface area contributed by atoms with Crippen molar-refractivity contribution in [2.24, 2.45) is 0 Å². The summed E-state index contributed by atoms with van der Waals surface area (Å²) in [5.41, 5.74) is 0. The topological polar surface area (TPSA) is 12.5 Å². The zero-order chi connectivity index (χ0) is 7.82. The van der Waals surface area contributed by atoms with E-state index in [1.54, 1.807) is 5.06 Å². The molecule has 2 nitrogen and oxygen atoms in total. The minimum Gasteiger partial charge on any atom is -0.300 e. The highest BCUT2D eigenvalue weighted by Crippen LogP contribution is 1.98. The first-order valence-corrected chi connectivity index (χ1v) is 4.07. The summed E-state index contributed by atoms with van der Waals surface area (Å²) in [5, 5.41) is 1.76. The Balaban J connectivity index is 2.77. The van der Waals surface area contributed by atoms with Crippen LogP contribution in [0.5, 0.6) is 0 Å². The van der Waals surface area contributed by atoms with Gasteiger partial charge in [-0.25, -0.2) is 0 Å². The van der Waals surface area contributed by atoms with Crippen molar-refractivity contribution in [2.75, 3.05) is 20.7 Å². The highest BCUT2D eigenvalue weighted by atomic mass is 16.7. The lowest BCUT2D eigenvalue weighted by molar-refractivity contribution is -0.120. The SMILES string of the molecule is CCCCCCON(C)C. The Morgan fingerprint density at radius 2 is 1.80 bits per heavy atom. The van der Waals surface area contributed by atoms with Crippen LogP contribution in [-0.2, 0) is 4.84 Å². The van der Waals surface area contributed by atoms with E-state index in [0.717, 1.165) is 6.61 Å². The van der Waals surface area contributed by atoms with Crippen LogP contribution in [0.15, 0.2) is 0 Å². The van der Waals surface area contributed by atoms with Crippen molar-refractivity contribution in [3.8, 4) is 0 Å². The lowest BCUT2D eigenvalue weighted by Gasteiger charge is -2.09. The normalized spacial score (nSPS) is 10.8. The maximum Gasteiger partial charge on any atom is 0.0684 e. The first-order chi connectivity index (χ1) is 4.77. The number of rotatable bonds is 6. The maximum absolute atomic E-state index is 5.22. The number of hydroxylamine groups is 2. The molecule has 0 N–H and O–H groups in total. The lowest BCUT2D eigenvalue weighted by atomic mass is 10.2. The van der Waals surface area contributed by atoms with Crippen molar-refractivity contribution in [1.82, 2.24) is 5.06 Å². The van der Waals surface area contributed by atoms with Gasteiger partial charge in [-0.05, 0) is 6.42 Å². The molecule has 0 aromatic carbocycles. The summed E-state index contributed by atoms with van der Waals surface area (Å²) < 4.78 is 0. The molecule has 0 aromatic rings. The fourth-order valence-electron chi connectivity index (χ4n) is 0.776. The van der Waals surface area contributed by atoms with Gasteiger partial charge in [0.1, 0.15) is 0 Å². The van der Waals surface area contributed by atoms with Gasteiger partial charge < -0.3 is 0 Å². The van der Waals surface area contributed by atoms with Gasteiger partial charge in [-0.1, -0.05) is 26.2 Å². The van der Waals surface area contributed by atoms with Gasteiger partial charge in [0, 0.05) is 14.1 Å². The smallest absolute Gasteiger partial charge is 0.0684 e. The van der Waals surface area contributed by atoms with Crippen molar-refractivity contribution in [2.45, 2.75) is 32.6 Å². The molecule has 2 heteroatoms. The predicted octanol–water partition coefficient (Wildman–Crippen LogP) is 2.06. The van der Waals surface area contributed by atoms with E-state index in [1.807, 2.05) is 14.1 Å². The molecule has 0 saturated heterocycles. The molecular weight excluding hydrogens is 126 g/mol. The summed E-state index contributed by atoms with van der Waals surface area (Å²) in [6.45, 7) is 3.08. The van der Waals surface area contributed by atoms with E-state index in [1.165, 1.54) is 25.7 Å². The second-order valence-electron chi connectivity index (χ2n) is 2.71. The molecule has 0 fully saturated rings. The van der Waals surface area contributed by atoms with E-state index in [9.17, 15) is 0 Å². The second-order valence-corrected chi connectivity index (χ2v) is 2.71. The van der Waals surface area contributed by atoms with E-state index in [-0.39, 0.29) is 0 Å². The Hall–Kier alpha value is -0.0800. The molecule has 0 bridgehead atoms. The minimum atomic E-state index is 0.868. The van der Waals surface area contributed by atoms with Gasteiger partial charge in [0.15, 0.2) is 0 Å². The van der Waals surface area contributed by atoms with Gasteiger partial charge in [0.2, 0.25) is 0 Å². The molecule has 0 aliphatic heterocycles. The maximum atomic E-state index is 5.22. The van der Waals surface area contributed by atoms with Gasteiger partial charge in [0.25, 0.3) is 0 Å². The summed E-state index contributed by atoms with van der Waals surface area (Å²) in [4.78, 5) is 5.22. The van der Waals surface area contributed by atoms with Crippen LogP contribution in [0.1, 0.15) is 32.6 Å². The van der Waals surface area contributed by atoms with Crippen LogP contribution in [0, 0.1) is 0 Å². The molecule has 0 aliphatic carbocycles. The number of nitrogens with zero attached hydrogens (tertiary/aromatic N) is 1. The van der Waals surface area contributed by atoms with E-state index >= 15 is 0 Å². The minimum absolute atomic E-state index is 0.868. The molecule has 0 radical (unpaired) electrons. The average Bonchev–Trinajstić information content (AvgIpc) is 1.87. The molecule has 0 saturated carbocycles. The third-order valence-electron chi connectivity index (χ3n) is 1.35. The van der Waals surface area contributed by atoms with Crippen molar-refractivity contribution in [3.63, 3.8) is 0 Å². The van der Waals surface area contributed by atoms with Crippen molar-refractivity contribution in [1.29, 1.82) is 0 Å². The molecule has 0 unspecified atom stereocenters. The quantitative estimate of drug-likeness (QED) is 0.419. The monoisotopic (exact) mass is 145 g/mol. The van der Waals surface area contributed by atoms with Crippen LogP contribution in [-0.4, -0.2) is 25.8 Å². The van der Waals surface area contributed by atoms with E-state index in [0.29, 0.717) is 0 Å². The Morgan fingerprint density at radius 3 is 2.30 bits per heavy atom. The Labute approximate surface area is 64.1 Å². The third-order valence-corrected chi connectivity index (χ3v) is 1.35. The average molecular weight is 145 g/mol. The molecule has 0 atom stereocenters. The zero-order valence-corrected chi connectivity index (χ0v) is 7.39. The molecule has 62 valence electrons. The van der Waals surface area contributed by atoms with Crippen LogP contribution >= 0.6 is 0 Å². The fraction of sp³-hybridized carbons (Fsp3) is 1.00. The van der Waals surface area contributed by atoms with Crippen molar-refractivity contribution >= 4 is 0 Å². The Kier molecular flexibility index (Phi) is 6.98. The molecule has 0 heterocycles. The van der Waals surface area contributed by atoms with Crippen LogP contribution in [0.25, 0.3) is 0 Å². The molecule has 0 aliphatic rings. The zero-order valence-electron chi connectivity index (χ0n) is 7.39. The summed E-state index contributed by atoms with van der Waals surface area (Å²) >= 11 is 0. The highest BCUT2D eigenvalue weighted by Gasteiger charge is 1.89.